The van der Waals surface area contributed by atoms with Crippen molar-refractivity contribution in [1.29, 1.82) is 0 Å². The van der Waals surface area contributed by atoms with E-state index in [0.29, 0.717) is 0 Å². The van der Waals surface area contributed by atoms with Gasteiger partial charge < -0.3 is 10.6 Å². The second-order valence-corrected chi connectivity index (χ2v) is 6.47. The lowest BCUT2D eigenvalue weighted by molar-refractivity contribution is -0.127. The van der Waals surface area contributed by atoms with E-state index in [1.165, 1.54) is 0 Å². The van der Waals surface area contributed by atoms with E-state index in [-0.39, 0.29) is 42.5 Å². The molecule has 0 saturated carbocycles. The molecule has 0 bridgehead atoms. The maximum Gasteiger partial charge on any atom is 0.234 e. The Morgan fingerprint density at radius 3 is 1.42 bits per heavy atom. The fourth-order valence-corrected chi connectivity index (χ4v) is 1.61. The third kappa shape index (κ3) is 8.59. The number of nitrogens with one attached hydrogen (secondary N) is 2. The summed E-state index contributed by atoms with van der Waals surface area (Å²) in [6, 6.07) is 0.220. The summed E-state index contributed by atoms with van der Waals surface area (Å²) in [5.41, 5.74) is -0.233. The quantitative estimate of drug-likeness (QED) is 0.761. The first kappa shape index (κ1) is 17.9. The minimum atomic E-state index is -0.233. The van der Waals surface area contributed by atoms with E-state index in [1.54, 1.807) is 0 Å². The molecule has 0 heterocycles. The van der Waals surface area contributed by atoms with Crippen LogP contribution in [0.2, 0.25) is 0 Å². The Balaban J connectivity index is 4.57. The lowest BCUT2D eigenvalue weighted by atomic mass is 10.1. The Hall–Kier alpha value is -1.10. The van der Waals surface area contributed by atoms with Crippen molar-refractivity contribution in [2.45, 2.75) is 66.1 Å². The molecule has 19 heavy (non-hydrogen) atoms. The van der Waals surface area contributed by atoms with Gasteiger partial charge in [-0.3, -0.25) is 14.5 Å². The van der Waals surface area contributed by atoms with Crippen molar-refractivity contribution in [3.8, 4) is 0 Å². The molecule has 0 saturated heterocycles. The van der Waals surface area contributed by atoms with E-state index < -0.39 is 0 Å². The van der Waals surface area contributed by atoms with Crippen LogP contribution >= 0.6 is 0 Å². The summed E-state index contributed by atoms with van der Waals surface area (Å²) in [6.45, 7) is 14.1. The fraction of sp³-hybridized carbons (Fsp3) is 0.857. The van der Waals surface area contributed by atoms with E-state index in [0.717, 1.165) is 0 Å². The maximum absolute atomic E-state index is 11.8. The third-order valence-corrected chi connectivity index (χ3v) is 2.52. The van der Waals surface area contributed by atoms with E-state index in [1.807, 2.05) is 53.4 Å². The zero-order valence-corrected chi connectivity index (χ0v) is 13.3. The molecule has 0 aliphatic rings. The molecule has 2 N–H and O–H groups in total. The molecule has 0 rings (SSSR count). The Morgan fingerprint density at radius 1 is 0.895 bits per heavy atom. The zero-order valence-electron chi connectivity index (χ0n) is 13.3. The minimum absolute atomic E-state index is 0.0535. The van der Waals surface area contributed by atoms with Crippen LogP contribution in [0.3, 0.4) is 0 Å². The van der Waals surface area contributed by atoms with Crippen LogP contribution in [0.15, 0.2) is 0 Å². The van der Waals surface area contributed by atoms with Gasteiger partial charge in [-0.1, -0.05) is 0 Å². The van der Waals surface area contributed by atoms with Gasteiger partial charge in [0.2, 0.25) is 11.8 Å². The molecule has 5 heteroatoms. The van der Waals surface area contributed by atoms with Crippen LogP contribution in [0.5, 0.6) is 0 Å². The summed E-state index contributed by atoms with van der Waals surface area (Å²) in [4.78, 5) is 25.5. The van der Waals surface area contributed by atoms with Gasteiger partial charge in [-0.2, -0.15) is 0 Å². The largest absolute Gasteiger partial charge is 0.353 e. The number of hydrogen-bond donors (Lipinski definition) is 2. The monoisotopic (exact) mass is 271 g/mol. The highest BCUT2D eigenvalue weighted by Crippen LogP contribution is 2.12. The molecular formula is C14H29N3O2. The van der Waals surface area contributed by atoms with Gasteiger partial charge in [0.15, 0.2) is 0 Å². The summed E-state index contributed by atoms with van der Waals surface area (Å²) in [5.74, 6) is -0.107. The van der Waals surface area contributed by atoms with Crippen LogP contribution in [-0.2, 0) is 9.59 Å². The van der Waals surface area contributed by atoms with Crippen molar-refractivity contribution < 1.29 is 9.59 Å². The van der Waals surface area contributed by atoms with Gasteiger partial charge in [-0.05, 0) is 48.5 Å². The Labute approximate surface area is 117 Å². The van der Waals surface area contributed by atoms with E-state index in [9.17, 15) is 9.59 Å². The highest BCUT2D eigenvalue weighted by Gasteiger charge is 2.26. The molecule has 0 aromatic carbocycles. The lowest BCUT2D eigenvalue weighted by Crippen LogP contribution is -2.52. The van der Waals surface area contributed by atoms with Gasteiger partial charge in [0.05, 0.1) is 13.1 Å². The van der Waals surface area contributed by atoms with Crippen LogP contribution in [0.25, 0.3) is 0 Å². The van der Waals surface area contributed by atoms with Crippen molar-refractivity contribution in [3.63, 3.8) is 0 Å². The second kappa shape index (κ2) is 7.48. The van der Waals surface area contributed by atoms with Crippen molar-refractivity contribution in [3.05, 3.63) is 0 Å². The van der Waals surface area contributed by atoms with Gasteiger partial charge in [0.1, 0.15) is 0 Å². The smallest absolute Gasteiger partial charge is 0.234 e. The molecule has 112 valence electrons. The van der Waals surface area contributed by atoms with E-state index >= 15 is 0 Å². The van der Waals surface area contributed by atoms with Crippen molar-refractivity contribution in [2.75, 3.05) is 13.1 Å². The molecule has 0 fully saturated rings. The van der Waals surface area contributed by atoms with Crippen molar-refractivity contribution in [1.82, 2.24) is 15.5 Å². The van der Waals surface area contributed by atoms with E-state index in [4.69, 9.17) is 0 Å². The van der Waals surface area contributed by atoms with Crippen molar-refractivity contribution in [2.24, 2.45) is 0 Å². The fourth-order valence-electron chi connectivity index (χ4n) is 1.61. The summed E-state index contributed by atoms with van der Waals surface area (Å²) < 4.78 is 0. The van der Waals surface area contributed by atoms with Gasteiger partial charge >= 0.3 is 0 Å². The highest BCUT2D eigenvalue weighted by molar-refractivity contribution is 5.81. The van der Waals surface area contributed by atoms with Gasteiger partial charge in [-0.15, -0.1) is 0 Å². The predicted octanol–water partition coefficient (Wildman–Crippen LogP) is 1.14. The molecular weight excluding hydrogens is 242 g/mol. The Bertz CT molecular complexity index is 282. The molecule has 0 unspecified atom stereocenters. The molecule has 2 amide bonds. The standard InChI is InChI=1S/C14H29N3O2/c1-10(2)15-12(18)8-17(14(5,6)7)9-13(19)16-11(3)4/h10-11H,8-9H2,1-7H3,(H,15,18)(H,16,19). The summed E-state index contributed by atoms with van der Waals surface area (Å²) >= 11 is 0. The molecule has 0 spiro atoms. The zero-order chi connectivity index (χ0) is 15.2. The third-order valence-electron chi connectivity index (χ3n) is 2.52. The molecule has 5 nitrogen and oxygen atoms in total. The number of carbonyl (C=O) groups excluding carboxylic acids is 2. The topological polar surface area (TPSA) is 61.4 Å². The number of rotatable bonds is 6. The molecule has 0 atom stereocenters. The SMILES string of the molecule is CC(C)NC(=O)CN(CC(=O)NC(C)C)C(C)(C)C. The van der Waals surface area contributed by atoms with Crippen LogP contribution in [0, 0.1) is 0 Å². The summed E-state index contributed by atoms with van der Waals surface area (Å²) in [7, 11) is 0. The number of carbonyl (C=O) groups is 2. The lowest BCUT2D eigenvalue weighted by Gasteiger charge is -2.34. The molecule has 0 aromatic rings. The normalized spacial score (nSPS) is 12.1. The van der Waals surface area contributed by atoms with Crippen LogP contribution in [0.1, 0.15) is 48.5 Å². The van der Waals surface area contributed by atoms with Crippen molar-refractivity contribution >= 4 is 11.8 Å². The Morgan fingerprint density at radius 2 is 1.21 bits per heavy atom. The average Bonchev–Trinajstić information content (AvgIpc) is 2.11. The number of amides is 2. The van der Waals surface area contributed by atoms with Crippen LogP contribution in [0.4, 0.5) is 0 Å². The van der Waals surface area contributed by atoms with Crippen LogP contribution < -0.4 is 10.6 Å². The van der Waals surface area contributed by atoms with Gasteiger partial charge in [-0.25, -0.2) is 0 Å². The summed E-state index contributed by atoms with van der Waals surface area (Å²) in [6.07, 6.45) is 0. The second-order valence-electron chi connectivity index (χ2n) is 6.47. The van der Waals surface area contributed by atoms with Crippen LogP contribution in [-0.4, -0.2) is 47.4 Å². The average molecular weight is 271 g/mol. The maximum atomic E-state index is 11.8. The minimum Gasteiger partial charge on any atom is -0.353 e. The van der Waals surface area contributed by atoms with E-state index in [2.05, 4.69) is 10.6 Å². The van der Waals surface area contributed by atoms with Gasteiger partial charge in [0, 0.05) is 17.6 Å². The highest BCUT2D eigenvalue weighted by atomic mass is 16.2. The predicted molar refractivity (Wildman–Crippen MR) is 77.9 cm³/mol. The number of nitrogens with zero attached hydrogens (tertiary/aromatic N) is 1. The summed E-state index contributed by atoms with van der Waals surface area (Å²) in [5, 5.41) is 5.69. The molecule has 0 aromatic heterocycles. The molecule has 0 aliphatic heterocycles. The first-order valence-corrected chi connectivity index (χ1v) is 6.86. The number of hydrogen-bond acceptors (Lipinski definition) is 3. The molecule has 0 aliphatic carbocycles. The first-order valence-electron chi connectivity index (χ1n) is 6.86. The first-order chi connectivity index (χ1) is 8.52. The Kier molecular flexibility index (Phi) is 7.05. The van der Waals surface area contributed by atoms with Gasteiger partial charge in [0.25, 0.3) is 0 Å². The molecule has 0 radical (unpaired) electrons.